The monoisotopic (exact) mass is 372 g/mol. The van der Waals surface area contributed by atoms with Crippen LogP contribution in [0.2, 0.25) is 0 Å². The zero-order valence-electron chi connectivity index (χ0n) is 14.8. The summed E-state index contributed by atoms with van der Waals surface area (Å²) in [6, 6.07) is 13.6. The van der Waals surface area contributed by atoms with Crippen molar-refractivity contribution in [2.75, 3.05) is 14.1 Å². The Morgan fingerprint density at radius 1 is 1.12 bits per heavy atom. The number of para-hydroxylation sites is 2. The van der Waals surface area contributed by atoms with Crippen LogP contribution in [0.3, 0.4) is 0 Å². The first-order valence-corrected chi connectivity index (χ1v) is 9.46. The minimum absolute atomic E-state index is 0.148. The maximum Gasteiger partial charge on any atom is 0.251 e. The van der Waals surface area contributed by atoms with Crippen LogP contribution in [0.25, 0.3) is 11.0 Å². The van der Waals surface area contributed by atoms with E-state index in [1.54, 1.807) is 0 Å². The van der Waals surface area contributed by atoms with Gasteiger partial charge in [-0.2, -0.15) is 0 Å². The molecule has 3 aromatic rings. The molecule has 2 aromatic carbocycles. The Balaban J connectivity index is 1.73. The fourth-order valence-electron chi connectivity index (χ4n) is 2.60. The number of amides is 1. The maximum absolute atomic E-state index is 12.3. The lowest BCUT2D eigenvalue weighted by Crippen LogP contribution is -2.25. The van der Waals surface area contributed by atoms with Crippen LogP contribution in [0.15, 0.2) is 53.4 Å². The third-order valence-corrected chi connectivity index (χ3v) is 6.01. The summed E-state index contributed by atoms with van der Waals surface area (Å²) in [5.74, 6) is 0.456. The number of carbonyl (C=O) groups is 1. The Bertz CT molecular complexity index is 1050. The van der Waals surface area contributed by atoms with Gasteiger partial charge < -0.3 is 9.88 Å². The molecule has 136 valence electrons. The minimum Gasteiger partial charge on any atom is -0.345 e. The molecule has 0 fully saturated rings. The van der Waals surface area contributed by atoms with Crippen LogP contribution in [0, 0.1) is 0 Å². The molecule has 0 saturated heterocycles. The van der Waals surface area contributed by atoms with Gasteiger partial charge in [0.25, 0.3) is 5.91 Å². The van der Waals surface area contributed by atoms with Crippen LogP contribution in [0.5, 0.6) is 0 Å². The fourth-order valence-corrected chi connectivity index (χ4v) is 3.51. The number of nitrogens with zero attached hydrogens (tertiary/aromatic N) is 3. The molecular weight excluding hydrogens is 352 g/mol. The van der Waals surface area contributed by atoms with Gasteiger partial charge in [-0.15, -0.1) is 0 Å². The van der Waals surface area contributed by atoms with Crippen molar-refractivity contribution in [2.24, 2.45) is 7.05 Å². The van der Waals surface area contributed by atoms with Gasteiger partial charge in [-0.1, -0.05) is 12.1 Å². The Kier molecular flexibility index (Phi) is 4.80. The van der Waals surface area contributed by atoms with Gasteiger partial charge in [0, 0.05) is 26.7 Å². The third-order valence-electron chi connectivity index (χ3n) is 4.18. The Morgan fingerprint density at radius 3 is 2.38 bits per heavy atom. The number of fused-ring (bicyclic) bond motifs is 1. The highest BCUT2D eigenvalue weighted by atomic mass is 32.2. The molecular formula is C18H20N4O3S. The van der Waals surface area contributed by atoms with Crippen LogP contribution in [-0.2, 0) is 23.6 Å². The summed E-state index contributed by atoms with van der Waals surface area (Å²) in [5, 5.41) is 2.82. The number of hydrogen-bond acceptors (Lipinski definition) is 4. The van der Waals surface area contributed by atoms with E-state index in [1.807, 2.05) is 35.9 Å². The molecule has 1 aromatic heterocycles. The van der Waals surface area contributed by atoms with E-state index >= 15 is 0 Å². The lowest BCUT2D eigenvalue weighted by Gasteiger charge is -2.11. The first-order valence-electron chi connectivity index (χ1n) is 8.02. The van der Waals surface area contributed by atoms with Gasteiger partial charge in [-0.25, -0.2) is 17.7 Å². The van der Waals surface area contributed by atoms with Crippen molar-refractivity contribution in [1.29, 1.82) is 0 Å². The smallest absolute Gasteiger partial charge is 0.251 e. The van der Waals surface area contributed by atoms with Gasteiger partial charge in [-0.3, -0.25) is 4.79 Å². The van der Waals surface area contributed by atoms with Crippen LogP contribution in [-0.4, -0.2) is 42.3 Å². The standard InChI is InChI=1S/C18H20N4O3S/c1-21(2)26(24,25)14-10-8-13(9-11-14)18(23)19-12-17-20-15-6-4-5-7-16(15)22(17)3/h4-11H,12H2,1-3H3,(H,19,23). The van der Waals surface area contributed by atoms with Crippen molar-refractivity contribution in [3.05, 3.63) is 59.9 Å². The summed E-state index contributed by atoms with van der Waals surface area (Å²) in [4.78, 5) is 17.0. The predicted molar refractivity (Wildman–Crippen MR) is 99.2 cm³/mol. The highest BCUT2D eigenvalue weighted by Crippen LogP contribution is 2.15. The Hall–Kier alpha value is -2.71. The molecule has 0 saturated carbocycles. The highest BCUT2D eigenvalue weighted by molar-refractivity contribution is 7.89. The molecule has 3 rings (SSSR count). The summed E-state index contributed by atoms with van der Waals surface area (Å²) in [6.07, 6.45) is 0. The lowest BCUT2D eigenvalue weighted by atomic mass is 10.2. The number of aryl methyl sites for hydroxylation is 1. The molecule has 1 heterocycles. The molecule has 0 aliphatic carbocycles. The summed E-state index contributed by atoms with van der Waals surface area (Å²) in [5.41, 5.74) is 2.26. The number of imidazole rings is 1. The second kappa shape index (κ2) is 6.89. The van der Waals surface area contributed by atoms with Crippen molar-refractivity contribution in [1.82, 2.24) is 19.2 Å². The van der Waals surface area contributed by atoms with Crippen molar-refractivity contribution in [3.8, 4) is 0 Å². The number of nitrogens with one attached hydrogen (secondary N) is 1. The average Bonchev–Trinajstić information content (AvgIpc) is 2.96. The van der Waals surface area contributed by atoms with Gasteiger partial charge in [0.1, 0.15) is 5.82 Å². The summed E-state index contributed by atoms with van der Waals surface area (Å²) in [7, 11) is 1.32. The van der Waals surface area contributed by atoms with E-state index < -0.39 is 10.0 Å². The molecule has 0 radical (unpaired) electrons. The molecule has 26 heavy (non-hydrogen) atoms. The Morgan fingerprint density at radius 2 is 1.77 bits per heavy atom. The normalized spacial score (nSPS) is 11.8. The predicted octanol–water partition coefficient (Wildman–Crippen LogP) is 1.75. The van der Waals surface area contributed by atoms with Crippen LogP contribution in [0.1, 0.15) is 16.2 Å². The quantitative estimate of drug-likeness (QED) is 0.740. The fraction of sp³-hybridized carbons (Fsp3) is 0.222. The van der Waals surface area contributed by atoms with Crippen LogP contribution in [0.4, 0.5) is 0 Å². The van der Waals surface area contributed by atoms with E-state index in [4.69, 9.17) is 0 Å². The molecule has 1 amide bonds. The molecule has 1 N–H and O–H groups in total. The molecule has 8 heteroatoms. The molecule has 0 unspecified atom stereocenters. The topological polar surface area (TPSA) is 84.3 Å². The third kappa shape index (κ3) is 3.33. The first-order chi connectivity index (χ1) is 12.3. The first kappa shape index (κ1) is 18.1. The molecule has 0 atom stereocenters. The van der Waals surface area contributed by atoms with Crippen LogP contribution >= 0.6 is 0 Å². The Labute approximate surface area is 152 Å². The van der Waals surface area contributed by atoms with Gasteiger partial charge >= 0.3 is 0 Å². The van der Waals surface area contributed by atoms with Gasteiger partial charge in [0.05, 0.1) is 22.5 Å². The van der Waals surface area contributed by atoms with Crippen molar-refractivity contribution in [3.63, 3.8) is 0 Å². The highest BCUT2D eigenvalue weighted by Gasteiger charge is 2.17. The molecule has 0 spiro atoms. The molecule has 0 aliphatic rings. The maximum atomic E-state index is 12.3. The zero-order valence-corrected chi connectivity index (χ0v) is 15.6. The van der Waals surface area contributed by atoms with E-state index in [-0.39, 0.29) is 17.3 Å². The van der Waals surface area contributed by atoms with Gasteiger partial charge in [0.15, 0.2) is 0 Å². The molecule has 0 aliphatic heterocycles. The minimum atomic E-state index is -3.51. The zero-order chi connectivity index (χ0) is 18.9. The summed E-state index contributed by atoms with van der Waals surface area (Å²) in [6.45, 7) is 0.280. The van der Waals surface area contributed by atoms with Crippen LogP contribution < -0.4 is 5.32 Å². The number of aromatic nitrogens is 2. The molecule has 0 bridgehead atoms. The average molecular weight is 372 g/mol. The lowest BCUT2D eigenvalue weighted by molar-refractivity contribution is 0.0949. The van der Waals surface area contributed by atoms with E-state index in [0.717, 1.165) is 21.2 Å². The van der Waals surface area contributed by atoms with Crippen molar-refractivity contribution in [2.45, 2.75) is 11.4 Å². The molecule has 7 nitrogen and oxygen atoms in total. The van der Waals surface area contributed by atoms with Crippen molar-refractivity contribution >= 4 is 27.0 Å². The van der Waals surface area contributed by atoms with E-state index in [1.165, 1.54) is 38.4 Å². The van der Waals surface area contributed by atoms with Crippen molar-refractivity contribution < 1.29 is 13.2 Å². The number of sulfonamides is 1. The number of rotatable bonds is 5. The van der Waals surface area contributed by atoms with Gasteiger partial charge in [0.2, 0.25) is 10.0 Å². The summed E-state index contributed by atoms with van der Waals surface area (Å²) < 4.78 is 27.2. The number of hydrogen-bond donors (Lipinski definition) is 1. The van der Waals surface area contributed by atoms with E-state index in [0.29, 0.717) is 5.56 Å². The SMILES string of the molecule is CN(C)S(=O)(=O)c1ccc(C(=O)NCc2nc3ccccc3n2C)cc1. The summed E-state index contributed by atoms with van der Waals surface area (Å²) >= 11 is 0. The van der Waals surface area contributed by atoms with E-state index in [9.17, 15) is 13.2 Å². The second-order valence-corrected chi connectivity index (χ2v) is 8.22. The number of carbonyl (C=O) groups excluding carboxylic acids is 1. The number of benzene rings is 2. The largest absolute Gasteiger partial charge is 0.345 e. The second-order valence-electron chi connectivity index (χ2n) is 6.07. The van der Waals surface area contributed by atoms with E-state index in [2.05, 4.69) is 10.3 Å². The van der Waals surface area contributed by atoms with Gasteiger partial charge in [-0.05, 0) is 36.4 Å².